The molecule has 2 N–H and O–H groups in total. The van der Waals surface area contributed by atoms with E-state index in [0.29, 0.717) is 19.1 Å². The Morgan fingerprint density at radius 2 is 2.26 bits per heavy atom. The Kier molecular flexibility index (Phi) is 3.23. The number of hydrogen-bond donors (Lipinski definition) is 2. The van der Waals surface area contributed by atoms with Crippen molar-refractivity contribution in [1.29, 1.82) is 0 Å². The van der Waals surface area contributed by atoms with Crippen molar-refractivity contribution >= 4 is 5.69 Å². The molecule has 4 heteroatoms. The first-order valence-corrected chi connectivity index (χ1v) is 7.03. The van der Waals surface area contributed by atoms with Crippen molar-refractivity contribution in [1.82, 2.24) is 5.32 Å². The van der Waals surface area contributed by atoms with E-state index in [4.69, 9.17) is 0 Å². The highest BCUT2D eigenvalue weighted by Crippen LogP contribution is 2.31. The molecule has 1 heterocycles. The average Bonchev–Trinajstić information content (AvgIpc) is 3.11. The predicted molar refractivity (Wildman–Crippen MR) is 73.7 cm³/mol. The molecule has 19 heavy (non-hydrogen) atoms. The monoisotopic (exact) mass is 264 g/mol. The highest BCUT2D eigenvalue weighted by molar-refractivity contribution is 5.55. The van der Waals surface area contributed by atoms with Crippen LogP contribution in [0.25, 0.3) is 0 Å². The van der Waals surface area contributed by atoms with Crippen LogP contribution < -0.4 is 10.2 Å². The third-order valence-corrected chi connectivity index (χ3v) is 4.03. The molecule has 0 amide bonds. The van der Waals surface area contributed by atoms with E-state index in [2.05, 4.69) is 10.2 Å². The number of anilines is 1. The first-order valence-electron chi connectivity index (χ1n) is 7.03. The van der Waals surface area contributed by atoms with E-state index >= 15 is 0 Å². The number of hydrogen-bond acceptors (Lipinski definition) is 3. The molecule has 2 fully saturated rings. The lowest BCUT2D eigenvalue weighted by atomic mass is 10.1. The molecule has 3 nitrogen and oxygen atoms in total. The van der Waals surface area contributed by atoms with E-state index in [-0.39, 0.29) is 5.82 Å². The van der Waals surface area contributed by atoms with Crippen LogP contribution in [0, 0.1) is 5.82 Å². The molecule has 0 bridgehead atoms. The summed E-state index contributed by atoms with van der Waals surface area (Å²) in [5, 5.41) is 13.4. The van der Waals surface area contributed by atoms with Crippen LogP contribution in [0.15, 0.2) is 18.2 Å². The third-order valence-electron chi connectivity index (χ3n) is 4.03. The van der Waals surface area contributed by atoms with Crippen molar-refractivity contribution in [3.63, 3.8) is 0 Å². The van der Waals surface area contributed by atoms with E-state index in [1.54, 1.807) is 6.07 Å². The minimum absolute atomic E-state index is 0.155. The Balaban J connectivity index is 1.81. The molecule has 0 aromatic heterocycles. The van der Waals surface area contributed by atoms with Gasteiger partial charge in [-0.3, -0.25) is 0 Å². The van der Waals surface area contributed by atoms with Crippen LogP contribution in [-0.2, 0) is 6.54 Å². The third kappa shape index (κ3) is 2.90. The van der Waals surface area contributed by atoms with Gasteiger partial charge in [0.25, 0.3) is 0 Å². The number of nitrogens with one attached hydrogen (secondary N) is 1. The number of β-amino-alcohol motifs (C(OH)–C–C–N with tert-alkyl or cyclic N) is 1. The molecule has 1 saturated heterocycles. The van der Waals surface area contributed by atoms with Gasteiger partial charge < -0.3 is 15.3 Å². The van der Waals surface area contributed by atoms with Crippen LogP contribution in [0.3, 0.4) is 0 Å². The summed E-state index contributed by atoms with van der Waals surface area (Å²) in [6.45, 7) is 3.78. The van der Waals surface area contributed by atoms with Gasteiger partial charge in [0.15, 0.2) is 0 Å². The molecule has 0 spiro atoms. The Bertz CT molecular complexity index is 471. The van der Waals surface area contributed by atoms with E-state index < -0.39 is 5.60 Å². The van der Waals surface area contributed by atoms with Crippen LogP contribution in [0.1, 0.15) is 31.7 Å². The second-order valence-corrected chi connectivity index (χ2v) is 6.06. The maximum Gasteiger partial charge on any atom is 0.129 e. The second-order valence-electron chi connectivity index (χ2n) is 6.06. The summed E-state index contributed by atoms with van der Waals surface area (Å²) in [6.07, 6.45) is 3.13. The highest BCUT2D eigenvalue weighted by Gasteiger charge is 2.32. The molecule has 1 saturated carbocycles. The van der Waals surface area contributed by atoms with Gasteiger partial charge in [-0.2, -0.15) is 0 Å². The summed E-state index contributed by atoms with van der Waals surface area (Å²) < 4.78 is 14.0. The number of halogens is 1. The summed E-state index contributed by atoms with van der Waals surface area (Å²) in [5.41, 5.74) is 0.992. The van der Waals surface area contributed by atoms with E-state index in [9.17, 15) is 9.50 Å². The fourth-order valence-corrected chi connectivity index (χ4v) is 2.70. The van der Waals surface area contributed by atoms with Crippen molar-refractivity contribution in [2.45, 2.75) is 44.4 Å². The van der Waals surface area contributed by atoms with Gasteiger partial charge in [-0.25, -0.2) is 4.39 Å². The lowest BCUT2D eigenvalue weighted by Gasteiger charge is -2.24. The summed E-state index contributed by atoms with van der Waals surface area (Å²) in [7, 11) is 0. The molecule has 104 valence electrons. The van der Waals surface area contributed by atoms with Crippen molar-refractivity contribution in [2.24, 2.45) is 0 Å². The van der Waals surface area contributed by atoms with Crippen LogP contribution in [-0.4, -0.2) is 29.8 Å². The minimum Gasteiger partial charge on any atom is -0.388 e. The largest absolute Gasteiger partial charge is 0.388 e. The average molecular weight is 264 g/mol. The molecule has 1 aliphatic heterocycles. The predicted octanol–water partition coefficient (Wildman–Crippen LogP) is 2.04. The second kappa shape index (κ2) is 4.76. The minimum atomic E-state index is -0.659. The first kappa shape index (κ1) is 12.9. The SMILES string of the molecule is CC1(O)CCN(c2cccc(F)c2CNC2CC2)C1. The molecular formula is C15H21FN2O. The van der Waals surface area contributed by atoms with Crippen LogP contribution in [0.5, 0.6) is 0 Å². The van der Waals surface area contributed by atoms with Crippen molar-refractivity contribution in [2.75, 3.05) is 18.0 Å². The quantitative estimate of drug-likeness (QED) is 0.873. The van der Waals surface area contributed by atoms with Crippen LogP contribution in [0.2, 0.25) is 0 Å². The zero-order chi connectivity index (χ0) is 13.5. The standard InChI is InChI=1S/C15H21FN2O/c1-15(19)7-8-18(10-15)14-4-2-3-13(16)12(14)9-17-11-5-6-11/h2-4,11,17,19H,5-10H2,1H3. The van der Waals surface area contributed by atoms with Crippen LogP contribution >= 0.6 is 0 Å². The highest BCUT2D eigenvalue weighted by atomic mass is 19.1. The molecule has 1 atom stereocenters. The summed E-state index contributed by atoms with van der Waals surface area (Å²) in [6, 6.07) is 5.78. The fourth-order valence-electron chi connectivity index (χ4n) is 2.70. The molecule has 0 radical (unpaired) electrons. The van der Waals surface area contributed by atoms with Crippen molar-refractivity contribution in [3.05, 3.63) is 29.6 Å². The van der Waals surface area contributed by atoms with Gasteiger partial charge in [-0.1, -0.05) is 6.07 Å². The summed E-state index contributed by atoms with van der Waals surface area (Å²) in [5.74, 6) is -0.155. The lowest BCUT2D eigenvalue weighted by Crippen LogP contribution is -2.30. The lowest BCUT2D eigenvalue weighted by molar-refractivity contribution is 0.0839. The molecule has 1 aliphatic carbocycles. The van der Waals surface area contributed by atoms with Crippen molar-refractivity contribution < 1.29 is 9.50 Å². The van der Waals surface area contributed by atoms with E-state index in [1.165, 1.54) is 18.9 Å². The van der Waals surface area contributed by atoms with E-state index in [0.717, 1.165) is 24.2 Å². The van der Waals surface area contributed by atoms with Gasteiger partial charge in [0.1, 0.15) is 5.82 Å². The van der Waals surface area contributed by atoms with Gasteiger partial charge in [-0.15, -0.1) is 0 Å². The molecule has 3 rings (SSSR count). The van der Waals surface area contributed by atoms with Gasteiger partial charge >= 0.3 is 0 Å². The Labute approximate surface area is 113 Å². The zero-order valence-electron chi connectivity index (χ0n) is 11.3. The number of aliphatic hydroxyl groups is 1. The molecule has 1 aromatic carbocycles. The van der Waals surface area contributed by atoms with Gasteiger partial charge in [-0.05, 0) is 38.3 Å². The Hall–Kier alpha value is -1.13. The topological polar surface area (TPSA) is 35.5 Å². The van der Waals surface area contributed by atoms with Gasteiger partial charge in [0.05, 0.1) is 5.60 Å². The number of benzene rings is 1. The molecule has 1 unspecified atom stereocenters. The van der Waals surface area contributed by atoms with Crippen molar-refractivity contribution in [3.8, 4) is 0 Å². The van der Waals surface area contributed by atoms with E-state index in [1.807, 2.05) is 13.0 Å². The molecule has 1 aromatic rings. The zero-order valence-corrected chi connectivity index (χ0v) is 11.3. The maximum absolute atomic E-state index is 14.0. The smallest absolute Gasteiger partial charge is 0.129 e. The van der Waals surface area contributed by atoms with Crippen LogP contribution in [0.4, 0.5) is 10.1 Å². The Morgan fingerprint density at radius 1 is 1.47 bits per heavy atom. The van der Waals surface area contributed by atoms with Gasteiger partial charge in [0.2, 0.25) is 0 Å². The Morgan fingerprint density at radius 3 is 2.89 bits per heavy atom. The number of nitrogens with zero attached hydrogens (tertiary/aromatic N) is 1. The molecule has 2 aliphatic rings. The summed E-state index contributed by atoms with van der Waals surface area (Å²) in [4.78, 5) is 2.09. The first-order chi connectivity index (χ1) is 9.05. The normalized spacial score (nSPS) is 27.0. The maximum atomic E-state index is 14.0. The molecular weight excluding hydrogens is 243 g/mol. The number of rotatable bonds is 4. The van der Waals surface area contributed by atoms with Gasteiger partial charge in [0, 0.05) is 36.9 Å². The fraction of sp³-hybridized carbons (Fsp3) is 0.600. The summed E-state index contributed by atoms with van der Waals surface area (Å²) >= 11 is 0.